The summed E-state index contributed by atoms with van der Waals surface area (Å²) in [5, 5.41) is 3.70. The van der Waals surface area contributed by atoms with E-state index in [1.54, 1.807) is 0 Å². The van der Waals surface area contributed by atoms with Gasteiger partial charge in [-0.05, 0) is 24.3 Å². The van der Waals surface area contributed by atoms with Crippen LogP contribution in [0.15, 0.2) is 35.8 Å². The Labute approximate surface area is 102 Å². The molecule has 0 saturated heterocycles. The molecule has 1 aromatic carbocycles. The van der Waals surface area contributed by atoms with Crippen molar-refractivity contribution in [1.82, 2.24) is 9.97 Å². The lowest BCUT2D eigenvalue weighted by atomic mass is 10.1. The highest BCUT2D eigenvalue weighted by Crippen LogP contribution is 2.24. The van der Waals surface area contributed by atoms with Gasteiger partial charge in [-0.25, -0.2) is 4.98 Å². The molecule has 4 heteroatoms. The molecule has 0 atom stereocenters. The summed E-state index contributed by atoms with van der Waals surface area (Å²) in [7, 11) is 0. The summed E-state index contributed by atoms with van der Waals surface area (Å²) in [4.78, 5) is 8.51. The molecule has 2 nitrogen and oxygen atoms in total. The van der Waals surface area contributed by atoms with Gasteiger partial charge in [0, 0.05) is 27.5 Å². The largest absolute Gasteiger partial charge is 0.256 e. The second-order valence-electron chi connectivity index (χ2n) is 3.39. The summed E-state index contributed by atoms with van der Waals surface area (Å²) in [5.41, 5.74) is 5.66. The number of thiazole rings is 1. The highest BCUT2D eigenvalue weighted by molar-refractivity contribution is 7.07. The van der Waals surface area contributed by atoms with Gasteiger partial charge in [-0.1, -0.05) is 11.6 Å². The van der Waals surface area contributed by atoms with E-state index in [-0.39, 0.29) is 0 Å². The number of pyridine rings is 1. The smallest absolute Gasteiger partial charge is 0.152 e. The standard InChI is InChI=1S/C12H6ClN2S/c13-10-1-2-11-8(4-10)3-9(5-14-11)12-6-16-7-15-12/h1-6H. The predicted molar refractivity (Wildman–Crippen MR) is 66.7 cm³/mol. The minimum Gasteiger partial charge on any atom is -0.256 e. The topological polar surface area (TPSA) is 25.8 Å². The van der Waals surface area contributed by atoms with Crippen LogP contribution in [0.4, 0.5) is 0 Å². The summed E-state index contributed by atoms with van der Waals surface area (Å²) in [5.74, 6) is 0. The van der Waals surface area contributed by atoms with E-state index in [2.05, 4.69) is 15.5 Å². The number of fused-ring (bicyclic) bond motifs is 1. The third-order valence-corrected chi connectivity index (χ3v) is 3.10. The van der Waals surface area contributed by atoms with Crippen LogP contribution in [-0.4, -0.2) is 9.97 Å². The minimum absolute atomic E-state index is 0.719. The van der Waals surface area contributed by atoms with Gasteiger partial charge in [0.1, 0.15) is 0 Å². The Kier molecular flexibility index (Phi) is 2.35. The Balaban J connectivity index is 2.22. The van der Waals surface area contributed by atoms with Gasteiger partial charge >= 0.3 is 0 Å². The molecule has 0 aliphatic carbocycles. The summed E-state index contributed by atoms with van der Waals surface area (Å²) < 4.78 is 0. The number of halogens is 1. The molecule has 0 N–H and O–H groups in total. The first-order valence-corrected chi connectivity index (χ1v) is 5.96. The van der Waals surface area contributed by atoms with Gasteiger partial charge in [0.05, 0.1) is 11.2 Å². The van der Waals surface area contributed by atoms with Crippen molar-refractivity contribution in [2.45, 2.75) is 0 Å². The van der Waals surface area contributed by atoms with Crippen molar-refractivity contribution in [2.24, 2.45) is 0 Å². The van der Waals surface area contributed by atoms with Crippen LogP contribution in [0.25, 0.3) is 22.2 Å². The summed E-state index contributed by atoms with van der Waals surface area (Å²) in [6, 6.07) is 7.70. The maximum Gasteiger partial charge on any atom is 0.152 e. The second kappa shape index (κ2) is 3.85. The number of aromatic nitrogens is 2. The molecular formula is C12H6ClN2S. The van der Waals surface area contributed by atoms with E-state index < -0.39 is 0 Å². The van der Waals surface area contributed by atoms with Crippen molar-refractivity contribution >= 4 is 33.8 Å². The van der Waals surface area contributed by atoms with Crippen LogP contribution in [0.2, 0.25) is 5.02 Å². The Morgan fingerprint density at radius 2 is 2.19 bits per heavy atom. The maximum absolute atomic E-state index is 5.95. The zero-order valence-corrected chi connectivity index (χ0v) is 9.72. The number of benzene rings is 1. The molecular weight excluding hydrogens is 240 g/mol. The van der Waals surface area contributed by atoms with Crippen molar-refractivity contribution in [2.75, 3.05) is 0 Å². The fourth-order valence-electron chi connectivity index (χ4n) is 1.56. The van der Waals surface area contributed by atoms with Crippen LogP contribution < -0.4 is 0 Å². The first-order valence-electron chi connectivity index (χ1n) is 4.70. The molecule has 3 rings (SSSR count). The lowest BCUT2D eigenvalue weighted by Crippen LogP contribution is -1.82. The predicted octanol–water partition coefficient (Wildman–Crippen LogP) is 3.81. The molecule has 0 bridgehead atoms. The van der Waals surface area contributed by atoms with Crippen LogP contribution in [0.3, 0.4) is 0 Å². The highest BCUT2D eigenvalue weighted by Gasteiger charge is 2.03. The lowest BCUT2D eigenvalue weighted by molar-refractivity contribution is 1.35. The first kappa shape index (κ1) is 9.75. The molecule has 77 valence electrons. The third-order valence-electron chi connectivity index (χ3n) is 2.33. The molecule has 3 aromatic rings. The van der Waals surface area contributed by atoms with E-state index in [1.807, 2.05) is 35.8 Å². The van der Waals surface area contributed by atoms with Crippen LogP contribution in [0.5, 0.6) is 0 Å². The normalized spacial score (nSPS) is 10.8. The molecule has 0 aliphatic heterocycles. The average molecular weight is 246 g/mol. The average Bonchev–Trinajstić information content (AvgIpc) is 2.81. The summed E-state index contributed by atoms with van der Waals surface area (Å²) in [6.07, 6.45) is 1.82. The summed E-state index contributed by atoms with van der Waals surface area (Å²) in [6.45, 7) is 0. The number of hydrogen-bond acceptors (Lipinski definition) is 3. The quantitative estimate of drug-likeness (QED) is 0.652. The zero-order valence-electron chi connectivity index (χ0n) is 8.14. The first-order chi connectivity index (χ1) is 7.83. The molecule has 0 aliphatic rings. The van der Waals surface area contributed by atoms with Gasteiger partial charge in [0.2, 0.25) is 0 Å². The van der Waals surface area contributed by atoms with Crippen LogP contribution in [0.1, 0.15) is 0 Å². The molecule has 2 heterocycles. The van der Waals surface area contributed by atoms with Crippen molar-refractivity contribution in [1.29, 1.82) is 0 Å². The van der Waals surface area contributed by atoms with E-state index in [0.717, 1.165) is 27.2 Å². The van der Waals surface area contributed by atoms with E-state index in [1.165, 1.54) is 11.3 Å². The van der Waals surface area contributed by atoms with Gasteiger partial charge in [-0.15, -0.1) is 11.3 Å². The Hall–Kier alpha value is -1.45. The van der Waals surface area contributed by atoms with Gasteiger partial charge in [-0.2, -0.15) is 0 Å². The molecule has 0 amide bonds. The van der Waals surface area contributed by atoms with Crippen LogP contribution in [-0.2, 0) is 0 Å². The molecule has 2 aromatic heterocycles. The zero-order chi connectivity index (χ0) is 11.0. The number of nitrogens with zero attached hydrogens (tertiary/aromatic N) is 2. The van der Waals surface area contributed by atoms with Gasteiger partial charge in [-0.3, -0.25) is 4.98 Å². The van der Waals surface area contributed by atoms with Crippen molar-refractivity contribution in [3.8, 4) is 11.3 Å². The monoisotopic (exact) mass is 245 g/mol. The van der Waals surface area contributed by atoms with Crippen molar-refractivity contribution in [3.05, 3.63) is 46.4 Å². The SMILES string of the molecule is Clc1ccc2ncc(-c3cs[c]n3)cc2c1. The maximum atomic E-state index is 5.95. The van der Waals surface area contributed by atoms with Crippen molar-refractivity contribution < 1.29 is 0 Å². The van der Waals surface area contributed by atoms with Crippen LogP contribution in [0, 0.1) is 5.51 Å². The Morgan fingerprint density at radius 3 is 3.00 bits per heavy atom. The summed E-state index contributed by atoms with van der Waals surface area (Å²) >= 11 is 7.40. The van der Waals surface area contributed by atoms with Crippen LogP contribution >= 0.6 is 22.9 Å². The Bertz CT molecular complexity index is 635. The van der Waals surface area contributed by atoms with E-state index in [0.29, 0.717) is 0 Å². The molecule has 0 saturated carbocycles. The molecule has 1 radical (unpaired) electrons. The second-order valence-corrected chi connectivity index (χ2v) is 4.48. The van der Waals surface area contributed by atoms with E-state index in [9.17, 15) is 0 Å². The fraction of sp³-hybridized carbons (Fsp3) is 0. The molecule has 0 fully saturated rings. The molecule has 0 unspecified atom stereocenters. The van der Waals surface area contributed by atoms with E-state index >= 15 is 0 Å². The minimum atomic E-state index is 0.719. The highest BCUT2D eigenvalue weighted by atomic mass is 35.5. The fourth-order valence-corrected chi connectivity index (χ4v) is 2.24. The number of hydrogen-bond donors (Lipinski definition) is 0. The number of rotatable bonds is 1. The molecule has 0 spiro atoms. The van der Waals surface area contributed by atoms with Crippen molar-refractivity contribution in [3.63, 3.8) is 0 Å². The third kappa shape index (κ3) is 1.68. The Morgan fingerprint density at radius 1 is 1.25 bits per heavy atom. The lowest BCUT2D eigenvalue weighted by Gasteiger charge is -2.00. The van der Waals surface area contributed by atoms with Gasteiger partial charge < -0.3 is 0 Å². The van der Waals surface area contributed by atoms with Gasteiger partial charge in [0.25, 0.3) is 0 Å². The van der Waals surface area contributed by atoms with Gasteiger partial charge in [0.15, 0.2) is 5.51 Å². The molecule has 16 heavy (non-hydrogen) atoms. The van der Waals surface area contributed by atoms with E-state index in [4.69, 9.17) is 11.6 Å².